The van der Waals surface area contributed by atoms with E-state index in [0.717, 1.165) is 17.9 Å². The monoisotopic (exact) mass is 342 g/mol. The van der Waals surface area contributed by atoms with Crippen molar-refractivity contribution < 1.29 is 23.0 Å². The van der Waals surface area contributed by atoms with Crippen molar-refractivity contribution in [3.63, 3.8) is 0 Å². The number of hydrogen-bond acceptors (Lipinski definition) is 5. The molecule has 1 aromatic rings. The Kier molecular flexibility index (Phi) is 6.87. The van der Waals surface area contributed by atoms with Gasteiger partial charge in [-0.25, -0.2) is 8.42 Å². The molecule has 0 saturated heterocycles. The van der Waals surface area contributed by atoms with Gasteiger partial charge in [0.05, 0.1) is 37.9 Å². The largest absolute Gasteiger partial charge is 0.493 e. The van der Waals surface area contributed by atoms with Crippen molar-refractivity contribution in [3.8, 4) is 5.75 Å². The first kappa shape index (κ1) is 18.2. The molecule has 2 rings (SSSR count). The van der Waals surface area contributed by atoms with Crippen LogP contribution in [0.25, 0.3) is 0 Å². The lowest BCUT2D eigenvalue weighted by atomic mass is 10.0. The van der Waals surface area contributed by atoms with E-state index in [1.807, 2.05) is 31.2 Å². The van der Waals surface area contributed by atoms with Crippen molar-refractivity contribution in [2.45, 2.75) is 25.7 Å². The van der Waals surface area contributed by atoms with Gasteiger partial charge in [-0.3, -0.25) is 0 Å². The molecule has 130 valence electrons. The molecule has 1 atom stereocenters. The Balaban J connectivity index is 1.85. The quantitative estimate of drug-likeness (QED) is 0.623. The number of sulfone groups is 1. The lowest BCUT2D eigenvalue weighted by Gasteiger charge is -2.14. The maximum atomic E-state index is 12.1. The van der Waals surface area contributed by atoms with Gasteiger partial charge < -0.3 is 14.6 Å². The number of ether oxygens (including phenoxy) is 2. The first-order chi connectivity index (χ1) is 11.0. The summed E-state index contributed by atoms with van der Waals surface area (Å²) in [6, 6.07) is 7.69. The van der Waals surface area contributed by atoms with Crippen molar-refractivity contribution in [1.82, 2.24) is 0 Å². The third-order valence-corrected chi connectivity index (χ3v) is 5.68. The van der Waals surface area contributed by atoms with E-state index in [-0.39, 0.29) is 37.2 Å². The molecule has 0 radical (unpaired) electrons. The van der Waals surface area contributed by atoms with E-state index in [9.17, 15) is 8.42 Å². The zero-order chi connectivity index (χ0) is 16.7. The van der Waals surface area contributed by atoms with E-state index in [4.69, 9.17) is 14.6 Å². The molecule has 0 aromatic heterocycles. The van der Waals surface area contributed by atoms with Crippen LogP contribution in [-0.4, -0.2) is 51.5 Å². The third-order valence-electron chi connectivity index (χ3n) is 3.89. The van der Waals surface area contributed by atoms with Gasteiger partial charge >= 0.3 is 0 Å². The van der Waals surface area contributed by atoms with Crippen LogP contribution in [0.3, 0.4) is 0 Å². The number of hydrogen-bond donors (Lipinski definition) is 1. The fraction of sp³-hybridized carbons (Fsp3) is 0.647. The Morgan fingerprint density at radius 2 is 2.09 bits per heavy atom. The van der Waals surface area contributed by atoms with E-state index in [1.54, 1.807) is 0 Å². The predicted molar refractivity (Wildman–Crippen MR) is 89.6 cm³/mol. The number of aliphatic hydroxyl groups excluding tert-OH is 1. The predicted octanol–water partition coefficient (Wildman–Crippen LogP) is 2.00. The lowest BCUT2D eigenvalue weighted by molar-refractivity contribution is 0.103. The smallest absolute Gasteiger partial charge is 0.153 e. The van der Waals surface area contributed by atoms with Gasteiger partial charge in [-0.1, -0.05) is 19.1 Å². The van der Waals surface area contributed by atoms with Gasteiger partial charge in [-0.05, 0) is 42.4 Å². The summed E-state index contributed by atoms with van der Waals surface area (Å²) in [5.74, 6) is 1.47. The van der Waals surface area contributed by atoms with Crippen LogP contribution in [0.4, 0.5) is 0 Å². The average molecular weight is 342 g/mol. The van der Waals surface area contributed by atoms with Crippen LogP contribution in [0.15, 0.2) is 24.3 Å². The molecule has 1 aromatic carbocycles. The molecule has 0 spiro atoms. The highest BCUT2D eigenvalue weighted by molar-refractivity contribution is 7.91. The Labute approximate surface area is 138 Å². The summed E-state index contributed by atoms with van der Waals surface area (Å²) in [7, 11) is -3.19. The fourth-order valence-electron chi connectivity index (χ4n) is 2.32. The molecule has 1 fully saturated rings. The normalized spacial score (nSPS) is 16.3. The molecule has 0 amide bonds. The second kappa shape index (κ2) is 8.66. The number of aliphatic hydroxyl groups is 1. The van der Waals surface area contributed by atoms with Gasteiger partial charge in [-0.15, -0.1) is 0 Å². The van der Waals surface area contributed by atoms with Gasteiger partial charge in [-0.2, -0.15) is 0 Å². The van der Waals surface area contributed by atoms with Crippen LogP contribution in [0.5, 0.6) is 5.75 Å². The highest BCUT2D eigenvalue weighted by Gasteiger charge is 2.22. The Bertz CT molecular complexity index is 580. The number of benzene rings is 1. The van der Waals surface area contributed by atoms with Crippen LogP contribution in [0.1, 0.15) is 31.2 Å². The van der Waals surface area contributed by atoms with E-state index < -0.39 is 9.84 Å². The molecular weight excluding hydrogens is 316 g/mol. The summed E-state index contributed by atoms with van der Waals surface area (Å²) < 4.78 is 35.0. The van der Waals surface area contributed by atoms with Crippen LogP contribution in [-0.2, 0) is 14.6 Å². The maximum absolute atomic E-state index is 12.1. The van der Waals surface area contributed by atoms with Gasteiger partial charge in [0.15, 0.2) is 9.84 Å². The molecule has 5 nitrogen and oxygen atoms in total. The highest BCUT2D eigenvalue weighted by Crippen LogP contribution is 2.30. The topological polar surface area (TPSA) is 72.8 Å². The summed E-state index contributed by atoms with van der Waals surface area (Å²) in [6.07, 6.45) is 2.49. The van der Waals surface area contributed by atoms with E-state index in [0.29, 0.717) is 5.92 Å². The van der Waals surface area contributed by atoms with Crippen LogP contribution in [0, 0.1) is 5.92 Å². The minimum Gasteiger partial charge on any atom is -0.493 e. The minimum absolute atomic E-state index is 0.0186. The van der Waals surface area contributed by atoms with Crippen molar-refractivity contribution in [2.24, 2.45) is 5.92 Å². The van der Waals surface area contributed by atoms with Gasteiger partial charge in [0.25, 0.3) is 0 Å². The van der Waals surface area contributed by atoms with E-state index >= 15 is 0 Å². The standard InChI is InChI=1S/C17H26O5S/c1-14(13-23(19,20)10-9-21-8-7-18)16-3-2-4-17(11-16)22-12-15-5-6-15/h2-4,11,14-15,18H,5-10,12-13H2,1H3/t14-/m0/s1. The maximum Gasteiger partial charge on any atom is 0.153 e. The van der Waals surface area contributed by atoms with E-state index in [1.165, 1.54) is 12.8 Å². The molecule has 23 heavy (non-hydrogen) atoms. The molecule has 0 heterocycles. The SMILES string of the molecule is C[C@@H](CS(=O)(=O)CCOCCO)c1cccc(OCC2CC2)c1. The van der Waals surface area contributed by atoms with Crippen molar-refractivity contribution in [2.75, 3.05) is 37.9 Å². The molecule has 0 unspecified atom stereocenters. The molecule has 1 saturated carbocycles. The molecule has 6 heteroatoms. The summed E-state index contributed by atoms with van der Waals surface area (Å²) in [5.41, 5.74) is 0.971. The van der Waals surface area contributed by atoms with Crippen molar-refractivity contribution >= 4 is 9.84 Å². The van der Waals surface area contributed by atoms with E-state index in [2.05, 4.69) is 0 Å². The zero-order valence-corrected chi connectivity index (χ0v) is 14.4. The van der Waals surface area contributed by atoms with Gasteiger partial charge in [0.1, 0.15) is 5.75 Å². The highest BCUT2D eigenvalue weighted by atomic mass is 32.2. The van der Waals surface area contributed by atoms with Gasteiger partial charge in [0, 0.05) is 0 Å². The van der Waals surface area contributed by atoms with Crippen molar-refractivity contribution in [3.05, 3.63) is 29.8 Å². The number of rotatable bonds is 11. The van der Waals surface area contributed by atoms with Crippen LogP contribution < -0.4 is 4.74 Å². The Morgan fingerprint density at radius 1 is 1.30 bits per heavy atom. The fourth-order valence-corrected chi connectivity index (χ4v) is 3.82. The average Bonchev–Trinajstić information content (AvgIpc) is 3.34. The zero-order valence-electron chi connectivity index (χ0n) is 13.6. The lowest BCUT2D eigenvalue weighted by Crippen LogP contribution is -2.20. The second-order valence-corrected chi connectivity index (χ2v) is 8.41. The molecule has 0 bridgehead atoms. The third kappa shape index (κ3) is 6.89. The Morgan fingerprint density at radius 3 is 2.78 bits per heavy atom. The Hall–Kier alpha value is -1.11. The first-order valence-corrected chi connectivity index (χ1v) is 9.94. The first-order valence-electron chi connectivity index (χ1n) is 8.12. The van der Waals surface area contributed by atoms with Crippen LogP contribution >= 0.6 is 0 Å². The van der Waals surface area contributed by atoms with Gasteiger partial charge in [0.2, 0.25) is 0 Å². The minimum atomic E-state index is -3.19. The van der Waals surface area contributed by atoms with Crippen LogP contribution in [0.2, 0.25) is 0 Å². The molecule has 1 aliphatic carbocycles. The summed E-state index contributed by atoms with van der Waals surface area (Å²) in [6.45, 7) is 2.86. The summed E-state index contributed by atoms with van der Waals surface area (Å²) in [4.78, 5) is 0. The van der Waals surface area contributed by atoms with Crippen molar-refractivity contribution in [1.29, 1.82) is 0 Å². The molecular formula is C17H26O5S. The molecule has 0 aliphatic heterocycles. The summed E-state index contributed by atoms with van der Waals surface area (Å²) in [5, 5.41) is 8.61. The summed E-state index contributed by atoms with van der Waals surface area (Å²) >= 11 is 0. The molecule has 1 N–H and O–H groups in total. The molecule has 1 aliphatic rings. The second-order valence-electron chi connectivity index (χ2n) is 6.18.